The second kappa shape index (κ2) is 5.68. The van der Waals surface area contributed by atoms with Crippen LogP contribution in [0.3, 0.4) is 0 Å². The van der Waals surface area contributed by atoms with Gasteiger partial charge in [-0.2, -0.15) is 0 Å². The molecule has 0 radical (unpaired) electrons. The van der Waals surface area contributed by atoms with Gasteiger partial charge in [0, 0.05) is 23.8 Å². The van der Waals surface area contributed by atoms with E-state index in [1.807, 2.05) is 12.1 Å². The molecule has 0 bridgehead atoms. The van der Waals surface area contributed by atoms with E-state index in [1.165, 1.54) is 0 Å². The number of aliphatic hydroxyl groups is 1. The molecule has 0 amide bonds. The average molecular weight is 301 g/mol. The van der Waals surface area contributed by atoms with E-state index in [-0.39, 0.29) is 0 Å². The zero-order chi connectivity index (χ0) is 14.8. The molecule has 0 unspecified atom stereocenters. The lowest BCUT2D eigenvalue weighted by Gasteiger charge is -2.09. The first-order chi connectivity index (χ1) is 10.1. The van der Waals surface area contributed by atoms with Gasteiger partial charge in [0.15, 0.2) is 5.75 Å². The third kappa shape index (κ3) is 2.82. The fourth-order valence-corrected chi connectivity index (χ4v) is 2.22. The number of ether oxygens (including phenoxy) is 1. The van der Waals surface area contributed by atoms with Crippen LogP contribution < -0.4 is 4.74 Å². The van der Waals surface area contributed by atoms with Crippen LogP contribution in [0.25, 0.3) is 10.9 Å². The van der Waals surface area contributed by atoms with Gasteiger partial charge in [-0.15, -0.1) is 0 Å². The van der Waals surface area contributed by atoms with E-state index in [1.54, 1.807) is 43.6 Å². The molecule has 0 spiro atoms. The Hall–Kier alpha value is -2.17. The minimum Gasteiger partial charge on any atom is -0.437 e. The van der Waals surface area contributed by atoms with Crippen molar-refractivity contribution in [3.05, 3.63) is 59.4 Å². The summed E-state index contributed by atoms with van der Waals surface area (Å²) in [6.07, 6.45) is 2.73. The van der Waals surface area contributed by atoms with Gasteiger partial charge >= 0.3 is 0 Å². The molecular formula is C16H13ClN2O2. The highest BCUT2D eigenvalue weighted by molar-refractivity contribution is 6.35. The van der Waals surface area contributed by atoms with Crippen LogP contribution in [0.1, 0.15) is 18.6 Å². The third-order valence-corrected chi connectivity index (χ3v) is 3.47. The summed E-state index contributed by atoms with van der Waals surface area (Å²) >= 11 is 6.15. The van der Waals surface area contributed by atoms with E-state index >= 15 is 0 Å². The van der Waals surface area contributed by atoms with Gasteiger partial charge in [-0.05, 0) is 42.8 Å². The van der Waals surface area contributed by atoms with Crippen LogP contribution in [0.4, 0.5) is 0 Å². The van der Waals surface area contributed by atoms with Crippen LogP contribution in [0.15, 0.2) is 48.8 Å². The predicted octanol–water partition coefficient (Wildman–Crippen LogP) is 4.13. The number of hydrogen-bond acceptors (Lipinski definition) is 4. The van der Waals surface area contributed by atoms with Crippen molar-refractivity contribution >= 4 is 22.5 Å². The van der Waals surface area contributed by atoms with Crippen LogP contribution in [-0.4, -0.2) is 15.1 Å². The Bertz CT molecular complexity index is 773. The van der Waals surface area contributed by atoms with Gasteiger partial charge < -0.3 is 9.84 Å². The highest BCUT2D eigenvalue weighted by atomic mass is 35.5. The Morgan fingerprint density at radius 1 is 1.14 bits per heavy atom. The largest absolute Gasteiger partial charge is 0.437 e. The van der Waals surface area contributed by atoms with Crippen LogP contribution in [0.2, 0.25) is 5.02 Å². The summed E-state index contributed by atoms with van der Waals surface area (Å²) in [5, 5.41) is 10.9. The van der Waals surface area contributed by atoms with Gasteiger partial charge in [-0.1, -0.05) is 11.6 Å². The number of aliphatic hydroxyl groups excluding tert-OH is 1. The summed E-state index contributed by atoms with van der Waals surface area (Å²) in [6, 6.07) is 10.7. The van der Waals surface area contributed by atoms with Gasteiger partial charge in [-0.25, -0.2) is 4.98 Å². The Labute approximate surface area is 127 Å². The zero-order valence-corrected chi connectivity index (χ0v) is 12.1. The van der Waals surface area contributed by atoms with Crippen molar-refractivity contribution in [2.75, 3.05) is 0 Å². The number of rotatable bonds is 3. The van der Waals surface area contributed by atoms with Crippen molar-refractivity contribution in [1.29, 1.82) is 0 Å². The minimum atomic E-state index is -0.551. The second-order valence-electron chi connectivity index (χ2n) is 4.65. The summed E-state index contributed by atoms with van der Waals surface area (Å²) < 4.78 is 5.77. The second-order valence-corrected chi connectivity index (χ2v) is 5.06. The monoisotopic (exact) mass is 300 g/mol. The molecule has 5 heteroatoms. The van der Waals surface area contributed by atoms with Crippen molar-refractivity contribution in [1.82, 2.24) is 9.97 Å². The number of aromatic nitrogens is 2. The molecule has 21 heavy (non-hydrogen) atoms. The van der Waals surface area contributed by atoms with E-state index in [2.05, 4.69) is 9.97 Å². The first-order valence-electron chi connectivity index (χ1n) is 6.50. The number of hydrogen-bond donors (Lipinski definition) is 1. The fourth-order valence-electron chi connectivity index (χ4n) is 2.01. The predicted molar refractivity (Wildman–Crippen MR) is 81.7 cm³/mol. The van der Waals surface area contributed by atoms with Crippen LogP contribution in [-0.2, 0) is 0 Å². The van der Waals surface area contributed by atoms with Gasteiger partial charge in [0.05, 0.1) is 11.1 Å². The maximum absolute atomic E-state index is 9.47. The molecule has 0 aliphatic carbocycles. The lowest BCUT2D eigenvalue weighted by Crippen LogP contribution is -1.94. The van der Waals surface area contributed by atoms with E-state index < -0.39 is 6.10 Å². The van der Waals surface area contributed by atoms with Gasteiger partial charge in [-0.3, -0.25) is 4.98 Å². The molecule has 2 aromatic heterocycles. The lowest BCUT2D eigenvalue weighted by molar-refractivity contribution is 0.198. The summed E-state index contributed by atoms with van der Waals surface area (Å²) in [5.41, 5.74) is 1.42. The van der Waals surface area contributed by atoms with Crippen LogP contribution in [0, 0.1) is 0 Å². The smallest absolute Gasteiger partial charge is 0.219 e. The topological polar surface area (TPSA) is 55.2 Å². The average Bonchev–Trinajstić information content (AvgIpc) is 2.51. The minimum absolute atomic E-state index is 0.439. The molecule has 0 aliphatic rings. The quantitative estimate of drug-likeness (QED) is 0.790. The molecule has 0 saturated carbocycles. The standard InChI is InChI=1S/C16H13ClN2O2/c1-10(20)11-4-7-15(19-9-11)21-14-6-5-13(17)12-3-2-8-18-16(12)14/h2-10,20H,1H3/t10-/m1/s1. The highest BCUT2D eigenvalue weighted by Crippen LogP contribution is 2.32. The van der Waals surface area contributed by atoms with E-state index in [4.69, 9.17) is 16.3 Å². The van der Waals surface area contributed by atoms with Crippen molar-refractivity contribution in [3.63, 3.8) is 0 Å². The third-order valence-electron chi connectivity index (χ3n) is 3.14. The SMILES string of the molecule is C[C@@H](O)c1ccc(Oc2ccc(Cl)c3cccnc23)nc1. The molecule has 0 saturated heterocycles. The lowest BCUT2D eigenvalue weighted by atomic mass is 10.2. The van der Waals surface area contributed by atoms with Crippen LogP contribution >= 0.6 is 11.6 Å². The van der Waals surface area contributed by atoms with Gasteiger partial charge in [0.2, 0.25) is 5.88 Å². The summed E-state index contributed by atoms with van der Waals surface area (Å²) in [4.78, 5) is 8.49. The molecule has 1 aromatic carbocycles. The maximum atomic E-state index is 9.47. The van der Waals surface area contributed by atoms with Crippen molar-refractivity contribution < 1.29 is 9.84 Å². The highest BCUT2D eigenvalue weighted by Gasteiger charge is 2.09. The number of pyridine rings is 2. The van der Waals surface area contributed by atoms with Gasteiger partial charge in [0.25, 0.3) is 0 Å². The number of fused-ring (bicyclic) bond motifs is 1. The molecule has 2 heterocycles. The van der Waals surface area contributed by atoms with Crippen molar-refractivity contribution in [2.45, 2.75) is 13.0 Å². The molecule has 1 atom stereocenters. The Morgan fingerprint density at radius 3 is 2.71 bits per heavy atom. The van der Waals surface area contributed by atoms with E-state index in [0.29, 0.717) is 22.2 Å². The number of benzene rings is 1. The summed E-state index contributed by atoms with van der Waals surface area (Å²) in [6.45, 7) is 1.69. The molecule has 0 fully saturated rings. The molecular weight excluding hydrogens is 288 g/mol. The van der Waals surface area contributed by atoms with E-state index in [9.17, 15) is 5.11 Å². The molecule has 3 rings (SSSR count). The van der Waals surface area contributed by atoms with Crippen LogP contribution in [0.5, 0.6) is 11.6 Å². The van der Waals surface area contributed by atoms with Crippen molar-refractivity contribution in [3.8, 4) is 11.6 Å². The Kier molecular flexibility index (Phi) is 3.73. The molecule has 3 aromatic rings. The fraction of sp³-hybridized carbons (Fsp3) is 0.125. The number of halogens is 1. The van der Waals surface area contributed by atoms with Crippen molar-refractivity contribution in [2.24, 2.45) is 0 Å². The Balaban J connectivity index is 1.96. The normalized spacial score (nSPS) is 12.3. The molecule has 4 nitrogen and oxygen atoms in total. The number of nitrogens with zero attached hydrogens (tertiary/aromatic N) is 2. The maximum Gasteiger partial charge on any atom is 0.219 e. The van der Waals surface area contributed by atoms with Gasteiger partial charge in [0.1, 0.15) is 5.52 Å². The zero-order valence-electron chi connectivity index (χ0n) is 11.3. The Morgan fingerprint density at radius 2 is 2.00 bits per heavy atom. The molecule has 106 valence electrons. The first kappa shape index (κ1) is 13.8. The summed E-state index contributed by atoms with van der Waals surface area (Å²) in [7, 11) is 0. The molecule has 1 N–H and O–H groups in total. The van der Waals surface area contributed by atoms with E-state index in [0.717, 1.165) is 10.9 Å². The molecule has 0 aliphatic heterocycles. The first-order valence-corrected chi connectivity index (χ1v) is 6.88. The summed E-state index contributed by atoms with van der Waals surface area (Å²) in [5.74, 6) is 1.03.